The lowest BCUT2D eigenvalue weighted by Crippen LogP contribution is -2.26. The van der Waals surface area contributed by atoms with Gasteiger partial charge in [0.25, 0.3) is 5.91 Å². The van der Waals surface area contributed by atoms with Crippen molar-refractivity contribution in [2.45, 2.75) is 20.4 Å². The molecule has 0 bridgehead atoms. The van der Waals surface area contributed by atoms with Gasteiger partial charge < -0.3 is 4.90 Å². The molecule has 98 valence electrons. The number of aryl methyl sites for hydroxylation is 2. The number of nitrogens with zero attached hydrogens (tertiary/aromatic N) is 1. The molecule has 2 nitrogen and oxygen atoms in total. The molecule has 0 N–H and O–H groups in total. The fraction of sp³-hybridized carbons (Fsp3) is 0.235. The fourth-order valence-corrected chi connectivity index (χ4v) is 2.04. The number of hydrogen-bond acceptors (Lipinski definition) is 1. The predicted molar refractivity (Wildman–Crippen MR) is 78.2 cm³/mol. The Morgan fingerprint density at radius 2 is 1.68 bits per heavy atom. The third-order valence-corrected chi connectivity index (χ3v) is 3.15. The lowest BCUT2D eigenvalue weighted by atomic mass is 10.1. The number of benzene rings is 2. The molecule has 2 rings (SSSR count). The summed E-state index contributed by atoms with van der Waals surface area (Å²) in [5.41, 5.74) is 4.23. The smallest absolute Gasteiger partial charge is 0.253 e. The molecule has 2 heteroatoms. The maximum absolute atomic E-state index is 12.3. The van der Waals surface area contributed by atoms with Crippen molar-refractivity contribution >= 4 is 5.91 Å². The standard InChI is InChI=1S/C17H19NO/c1-13-7-9-15(10-8-13)12-18(3)17(19)16-6-4-5-14(2)11-16/h4-11H,12H2,1-3H3. The van der Waals surface area contributed by atoms with Crippen LogP contribution in [0.25, 0.3) is 0 Å². The Balaban J connectivity index is 2.09. The second-order valence-electron chi connectivity index (χ2n) is 5.02. The zero-order valence-electron chi connectivity index (χ0n) is 11.7. The van der Waals surface area contributed by atoms with Gasteiger partial charge >= 0.3 is 0 Å². The van der Waals surface area contributed by atoms with E-state index in [1.807, 2.05) is 38.2 Å². The molecule has 0 aliphatic rings. The van der Waals surface area contributed by atoms with E-state index in [4.69, 9.17) is 0 Å². The minimum Gasteiger partial charge on any atom is -0.337 e. The van der Waals surface area contributed by atoms with Crippen LogP contribution in [0.3, 0.4) is 0 Å². The zero-order chi connectivity index (χ0) is 13.8. The molecule has 0 unspecified atom stereocenters. The quantitative estimate of drug-likeness (QED) is 0.818. The van der Waals surface area contributed by atoms with Crippen LogP contribution in [0.5, 0.6) is 0 Å². The fourth-order valence-electron chi connectivity index (χ4n) is 2.04. The van der Waals surface area contributed by atoms with Crippen LogP contribution in [0.4, 0.5) is 0 Å². The molecule has 0 aromatic heterocycles. The molecule has 0 saturated heterocycles. The van der Waals surface area contributed by atoms with E-state index in [1.54, 1.807) is 4.90 Å². The normalized spacial score (nSPS) is 10.3. The molecule has 0 fully saturated rings. The van der Waals surface area contributed by atoms with Gasteiger partial charge in [0.05, 0.1) is 0 Å². The molecular weight excluding hydrogens is 234 g/mol. The van der Waals surface area contributed by atoms with E-state index in [9.17, 15) is 4.79 Å². The van der Waals surface area contributed by atoms with Crippen molar-refractivity contribution in [3.8, 4) is 0 Å². The summed E-state index contributed by atoms with van der Waals surface area (Å²) in [6.07, 6.45) is 0. The number of carbonyl (C=O) groups excluding carboxylic acids is 1. The van der Waals surface area contributed by atoms with Crippen LogP contribution in [-0.4, -0.2) is 17.9 Å². The SMILES string of the molecule is Cc1ccc(CN(C)C(=O)c2cccc(C)c2)cc1. The van der Waals surface area contributed by atoms with Gasteiger partial charge in [0, 0.05) is 19.2 Å². The highest BCUT2D eigenvalue weighted by molar-refractivity contribution is 5.94. The third kappa shape index (κ3) is 3.44. The highest BCUT2D eigenvalue weighted by Gasteiger charge is 2.11. The minimum absolute atomic E-state index is 0.0595. The first-order valence-electron chi connectivity index (χ1n) is 6.44. The highest BCUT2D eigenvalue weighted by Crippen LogP contribution is 2.10. The van der Waals surface area contributed by atoms with E-state index in [1.165, 1.54) is 5.56 Å². The number of hydrogen-bond donors (Lipinski definition) is 0. The summed E-state index contributed by atoms with van der Waals surface area (Å²) < 4.78 is 0. The molecule has 0 atom stereocenters. The summed E-state index contributed by atoms with van der Waals surface area (Å²) in [5, 5.41) is 0. The summed E-state index contributed by atoms with van der Waals surface area (Å²) in [5.74, 6) is 0.0595. The van der Waals surface area contributed by atoms with Gasteiger partial charge in [0.15, 0.2) is 0 Å². The molecule has 2 aromatic rings. The number of amides is 1. The van der Waals surface area contributed by atoms with Gasteiger partial charge in [-0.2, -0.15) is 0 Å². The molecule has 19 heavy (non-hydrogen) atoms. The van der Waals surface area contributed by atoms with Gasteiger partial charge in [-0.05, 0) is 31.5 Å². The van der Waals surface area contributed by atoms with Crippen LogP contribution in [0.2, 0.25) is 0 Å². The van der Waals surface area contributed by atoms with Gasteiger partial charge in [0.1, 0.15) is 0 Å². The average Bonchev–Trinajstić information content (AvgIpc) is 2.40. The molecule has 2 aromatic carbocycles. The Kier molecular flexibility index (Phi) is 4.00. The van der Waals surface area contributed by atoms with Crippen LogP contribution < -0.4 is 0 Å². The summed E-state index contributed by atoms with van der Waals surface area (Å²) in [6, 6.07) is 16.0. The van der Waals surface area contributed by atoms with Crippen molar-refractivity contribution in [3.05, 3.63) is 70.8 Å². The summed E-state index contributed by atoms with van der Waals surface area (Å²) in [7, 11) is 1.84. The topological polar surface area (TPSA) is 20.3 Å². The average molecular weight is 253 g/mol. The van der Waals surface area contributed by atoms with Gasteiger partial charge in [-0.3, -0.25) is 4.79 Å². The van der Waals surface area contributed by atoms with E-state index < -0.39 is 0 Å². The van der Waals surface area contributed by atoms with Crippen LogP contribution in [0, 0.1) is 13.8 Å². The summed E-state index contributed by atoms with van der Waals surface area (Å²) in [4.78, 5) is 14.0. The third-order valence-electron chi connectivity index (χ3n) is 3.15. The van der Waals surface area contributed by atoms with E-state index in [0.717, 1.165) is 16.7 Å². The first-order valence-corrected chi connectivity index (χ1v) is 6.44. The highest BCUT2D eigenvalue weighted by atomic mass is 16.2. The first-order chi connectivity index (χ1) is 9.06. The Bertz CT molecular complexity index is 572. The van der Waals surface area contributed by atoms with Crippen LogP contribution in [0.1, 0.15) is 27.0 Å². The monoisotopic (exact) mass is 253 g/mol. The number of carbonyl (C=O) groups is 1. The van der Waals surface area contributed by atoms with Gasteiger partial charge in [-0.1, -0.05) is 47.5 Å². The molecule has 0 spiro atoms. The lowest BCUT2D eigenvalue weighted by Gasteiger charge is -2.17. The van der Waals surface area contributed by atoms with Crippen molar-refractivity contribution in [3.63, 3.8) is 0 Å². The van der Waals surface area contributed by atoms with Crippen molar-refractivity contribution < 1.29 is 4.79 Å². The second kappa shape index (κ2) is 5.70. The minimum atomic E-state index is 0.0595. The van der Waals surface area contributed by atoms with Crippen LogP contribution in [-0.2, 0) is 6.54 Å². The Hall–Kier alpha value is -2.09. The Labute approximate surface area is 114 Å². The predicted octanol–water partition coefficient (Wildman–Crippen LogP) is 3.58. The molecule has 1 amide bonds. The van der Waals surface area contributed by atoms with Gasteiger partial charge in [0.2, 0.25) is 0 Å². The van der Waals surface area contributed by atoms with Crippen LogP contribution in [0.15, 0.2) is 48.5 Å². The molecule has 0 aliphatic heterocycles. The Morgan fingerprint density at radius 1 is 1.00 bits per heavy atom. The molecular formula is C17H19NO. The van der Waals surface area contributed by atoms with E-state index in [0.29, 0.717) is 6.54 Å². The lowest BCUT2D eigenvalue weighted by molar-refractivity contribution is 0.0785. The first kappa shape index (κ1) is 13.3. The maximum Gasteiger partial charge on any atom is 0.253 e. The van der Waals surface area contributed by atoms with Crippen molar-refractivity contribution in [1.82, 2.24) is 4.90 Å². The van der Waals surface area contributed by atoms with E-state index in [-0.39, 0.29) is 5.91 Å². The zero-order valence-corrected chi connectivity index (χ0v) is 11.7. The van der Waals surface area contributed by atoms with Crippen molar-refractivity contribution in [2.24, 2.45) is 0 Å². The van der Waals surface area contributed by atoms with E-state index in [2.05, 4.69) is 31.2 Å². The summed E-state index contributed by atoms with van der Waals surface area (Å²) >= 11 is 0. The largest absolute Gasteiger partial charge is 0.337 e. The molecule has 0 aliphatic carbocycles. The van der Waals surface area contributed by atoms with Crippen molar-refractivity contribution in [1.29, 1.82) is 0 Å². The van der Waals surface area contributed by atoms with Crippen LogP contribution >= 0.6 is 0 Å². The molecule has 0 saturated carbocycles. The number of rotatable bonds is 3. The maximum atomic E-state index is 12.3. The summed E-state index contributed by atoms with van der Waals surface area (Å²) in [6.45, 7) is 4.69. The van der Waals surface area contributed by atoms with E-state index >= 15 is 0 Å². The van der Waals surface area contributed by atoms with Gasteiger partial charge in [-0.15, -0.1) is 0 Å². The Morgan fingerprint density at radius 3 is 2.32 bits per heavy atom. The molecule has 0 radical (unpaired) electrons. The van der Waals surface area contributed by atoms with Gasteiger partial charge in [-0.25, -0.2) is 0 Å². The van der Waals surface area contributed by atoms with Crippen molar-refractivity contribution in [2.75, 3.05) is 7.05 Å². The molecule has 0 heterocycles. The second-order valence-corrected chi connectivity index (χ2v) is 5.02.